The lowest BCUT2D eigenvalue weighted by Crippen LogP contribution is -2.41. The van der Waals surface area contributed by atoms with Crippen LogP contribution in [0.5, 0.6) is 0 Å². The minimum atomic E-state index is -0.280. The Hall–Kier alpha value is -2.89. The van der Waals surface area contributed by atoms with Crippen LogP contribution in [0.15, 0.2) is 42.5 Å². The third-order valence-electron chi connectivity index (χ3n) is 4.98. The lowest BCUT2D eigenvalue weighted by molar-refractivity contribution is 0.0963. The summed E-state index contributed by atoms with van der Waals surface area (Å²) in [4.78, 5) is 26.5. The van der Waals surface area contributed by atoms with Gasteiger partial charge in [-0.1, -0.05) is 12.1 Å². The van der Waals surface area contributed by atoms with Gasteiger partial charge in [0.15, 0.2) is 0 Å². The van der Waals surface area contributed by atoms with Gasteiger partial charge in [0.1, 0.15) is 5.82 Å². The molecule has 1 heterocycles. The Balaban J connectivity index is 1.77. The molecule has 0 radical (unpaired) electrons. The fourth-order valence-corrected chi connectivity index (χ4v) is 3.48. The zero-order valence-corrected chi connectivity index (χ0v) is 15.6. The molecule has 5 nitrogen and oxygen atoms in total. The Labute approximate surface area is 158 Å². The first kappa shape index (κ1) is 18.9. The van der Waals surface area contributed by atoms with E-state index in [2.05, 4.69) is 10.6 Å². The molecule has 27 heavy (non-hydrogen) atoms. The Morgan fingerprint density at radius 3 is 2.52 bits per heavy atom. The highest BCUT2D eigenvalue weighted by molar-refractivity contribution is 5.96. The molecule has 2 N–H and O–H groups in total. The number of nitrogens with one attached hydrogen (secondary N) is 2. The predicted octanol–water partition coefficient (Wildman–Crippen LogP) is 4.25. The SMILES string of the molecule is CNC(=O)c1ccc(NC(=O)N2CCCC[C@H]2c2ccc(F)cc2)c(C)c1. The minimum absolute atomic E-state index is 0.0650. The third kappa shape index (κ3) is 4.27. The molecule has 1 aliphatic rings. The highest BCUT2D eigenvalue weighted by Crippen LogP contribution is 2.31. The van der Waals surface area contributed by atoms with E-state index >= 15 is 0 Å². The normalized spacial score (nSPS) is 16.7. The quantitative estimate of drug-likeness (QED) is 0.849. The van der Waals surface area contributed by atoms with E-state index in [9.17, 15) is 14.0 Å². The van der Waals surface area contributed by atoms with Gasteiger partial charge in [0.05, 0.1) is 6.04 Å². The molecule has 1 atom stereocenters. The molecule has 0 bridgehead atoms. The van der Waals surface area contributed by atoms with E-state index in [1.54, 1.807) is 37.4 Å². The van der Waals surface area contributed by atoms with Crippen molar-refractivity contribution < 1.29 is 14.0 Å². The van der Waals surface area contributed by atoms with Gasteiger partial charge < -0.3 is 15.5 Å². The number of carbonyl (C=O) groups is 2. The number of piperidine rings is 1. The number of urea groups is 1. The molecule has 0 saturated carbocycles. The maximum Gasteiger partial charge on any atom is 0.322 e. The number of benzene rings is 2. The first-order valence-corrected chi connectivity index (χ1v) is 9.15. The van der Waals surface area contributed by atoms with Crippen molar-refractivity contribution in [2.75, 3.05) is 18.9 Å². The highest BCUT2D eigenvalue weighted by Gasteiger charge is 2.28. The average molecular weight is 369 g/mol. The van der Waals surface area contributed by atoms with Gasteiger partial charge in [-0.2, -0.15) is 0 Å². The molecule has 3 amide bonds. The van der Waals surface area contributed by atoms with Gasteiger partial charge in [0, 0.05) is 24.8 Å². The number of hydrogen-bond acceptors (Lipinski definition) is 2. The van der Waals surface area contributed by atoms with Crippen molar-refractivity contribution in [2.45, 2.75) is 32.2 Å². The predicted molar refractivity (Wildman–Crippen MR) is 103 cm³/mol. The van der Waals surface area contributed by atoms with E-state index in [0.717, 1.165) is 30.4 Å². The summed E-state index contributed by atoms with van der Waals surface area (Å²) in [6.45, 7) is 2.51. The van der Waals surface area contributed by atoms with Crippen molar-refractivity contribution in [1.82, 2.24) is 10.2 Å². The number of nitrogens with zero attached hydrogens (tertiary/aromatic N) is 1. The largest absolute Gasteiger partial charge is 0.355 e. The molecular formula is C21H24FN3O2. The van der Waals surface area contributed by atoms with Gasteiger partial charge in [-0.3, -0.25) is 4.79 Å². The average Bonchev–Trinajstić information content (AvgIpc) is 2.69. The van der Waals surface area contributed by atoms with Crippen LogP contribution in [0.4, 0.5) is 14.9 Å². The van der Waals surface area contributed by atoms with Gasteiger partial charge >= 0.3 is 6.03 Å². The number of hydrogen-bond donors (Lipinski definition) is 2. The summed E-state index contributed by atoms with van der Waals surface area (Å²) in [5, 5.41) is 5.54. The van der Waals surface area contributed by atoms with Crippen LogP contribution in [0.1, 0.15) is 46.8 Å². The summed E-state index contributed by atoms with van der Waals surface area (Å²) in [7, 11) is 1.58. The Kier molecular flexibility index (Phi) is 5.74. The smallest absolute Gasteiger partial charge is 0.322 e. The number of halogens is 1. The first-order valence-electron chi connectivity index (χ1n) is 9.15. The van der Waals surface area contributed by atoms with Crippen LogP contribution < -0.4 is 10.6 Å². The van der Waals surface area contributed by atoms with Crippen molar-refractivity contribution in [3.05, 3.63) is 65.0 Å². The molecule has 0 aromatic heterocycles. The topological polar surface area (TPSA) is 61.4 Å². The van der Waals surface area contributed by atoms with Crippen LogP contribution in [0.2, 0.25) is 0 Å². The lowest BCUT2D eigenvalue weighted by atomic mass is 9.95. The minimum Gasteiger partial charge on any atom is -0.355 e. The van der Waals surface area contributed by atoms with Crippen molar-refractivity contribution in [2.24, 2.45) is 0 Å². The fraction of sp³-hybridized carbons (Fsp3) is 0.333. The number of likely N-dealkylation sites (tertiary alicyclic amines) is 1. The van der Waals surface area contributed by atoms with Crippen LogP contribution in [0.25, 0.3) is 0 Å². The van der Waals surface area contributed by atoms with E-state index in [0.29, 0.717) is 17.8 Å². The Morgan fingerprint density at radius 2 is 1.85 bits per heavy atom. The number of anilines is 1. The van der Waals surface area contributed by atoms with E-state index in [4.69, 9.17) is 0 Å². The van der Waals surface area contributed by atoms with Gasteiger partial charge in [0.2, 0.25) is 0 Å². The van der Waals surface area contributed by atoms with Crippen LogP contribution in [0, 0.1) is 12.7 Å². The summed E-state index contributed by atoms with van der Waals surface area (Å²) in [6.07, 6.45) is 2.83. The first-order chi connectivity index (χ1) is 13.0. The molecule has 2 aromatic carbocycles. The van der Waals surface area contributed by atoms with Crippen molar-refractivity contribution in [1.29, 1.82) is 0 Å². The Bertz CT molecular complexity index is 836. The molecule has 0 spiro atoms. The maximum atomic E-state index is 13.2. The molecule has 0 aliphatic carbocycles. The number of rotatable bonds is 3. The number of amides is 3. The van der Waals surface area contributed by atoms with Crippen LogP contribution in [-0.2, 0) is 0 Å². The standard InChI is InChI=1S/C21H24FN3O2/c1-14-13-16(20(26)23-2)8-11-18(14)24-21(27)25-12-4-3-5-19(25)15-6-9-17(22)10-7-15/h6-11,13,19H,3-5,12H2,1-2H3,(H,23,26)(H,24,27)/t19-/m0/s1. The molecule has 142 valence electrons. The summed E-state index contributed by atoms with van der Waals surface area (Å²) in [6, 6.07) is 11.3. The number of aryl methyl sites for hydroxylation is 1. The van der Waals surface area contributed by atoms with Gasteiger partial charge in [0.25, 0.3) is 5.91 Å². The fourth-order valence-electron chi connectivity index (χ4n) is 3.48. The summed E-state index contributed by atoms with van der Waals surface area (Å²) in [5.74, 6) is -0.444. The lowest BCUT2D eigenvalue weighted by Gasteiger charge is -2.36. The van der Waals surface area contributed by atoms with Gasteiger partial charge in [-0.05, 0) is 67.6 Å². The second kappa shape index (κ2) is 8.20. The summed E-state index contributed by atoms with van der Waals surface area (Å²) < 4.78 is 13.2. The van der Waals surface area contributed by atoms with E-state index in [-0.39, 0.29) is 23.8 Å². The zero-order chi connectivity index (χ0) is 19.4. The molecule has 6 heteroatoms. The van der Waals surface area contributed by atoms with Crippen LogP contribution >= 0.6 is 0 Å². The molecule has 3 rings (SSSR count). The highest BCUT2D eigenvalue weighted by atomic mass is 19.1. The van der Waals surface area contributed by atoms with E-state index < -0.39 is 0 Å². The van der Waals surface area contributed by atoms with Crippen molar-refractivity contribution in [3.8, 4) is 0 Å². The van der Waals surface area contributed by atoms with Gasteiger partial charge in [-0.25, -0.2) is 9.18 Å². The van der Waals surface area contributed by atoms with Crippen LogP contribution in [0.3, 0.4) is 0 Å². The van der Waals surface area contributed by atoms with Gasteiger partial charge in [-0.15, -0.1) is 0 Å². The van der Waals surface area contributed by atoms with E-state index in [1.807, 2.05) is 11.8 Å². The molecule has 1 saturated heterocycles. The third-order valence-corrected chi connectivity index (χ3v) is 4.98. The number of carbonyl (C=O) groups excluding carboxylic acids is 2. The molecule has 1 fully saturated rings. The second-order valence-corrected chi connectivity index (χ2v) is 6.80. The van der Waals surface area contributed by atoms with Crippen molar-refractivity contribution >= 4 is 17.6 Å². The van der Waals surface area contributed by atoms with Crippen LogP contribution in [-0.4, -0.2) is 30.4 Å². The monoisotopic (exact) mass is 369 g/mol. The van der Waals surface area contributed by atoms with E-state index in [1.165, 1.54) is 12.1 Å². The molecular weight excluding hydrogens is 345 g/mol. The molecule has 0 unspecified atom stereocenters. The summed E-state index contributed by atoms with van der Waals surface area (Å²) in [5.41, 5.74) is 2.99. The zero-order valence-electron chi connectivity index (χ0n) is 15.6. The Morgan fingerprint density at radius 1 is 1.11 bits per heavy atom. The second-order valence-electron chi connectivity index (χ2n) is 6.80. The van der Waals surface area contributed by atoms with Crippen molar-refractivity contribution in [3.63, 3.8) is 0 Å². The maximum absolute atomic E-state index is 13.2. The summed E-state index contributed by atoms with van der Waals surface area (Å²) >= 11 is 0. The molecule has 2 aromatic rings. The molecule has 1 aliphatic heterocycles.